The van der Waals surface area contributed by atoms with Crippen LogP contribution in [0.1, 0.15) is 30.1 Å². The molecule has 1 aliphatic rings. The second kappa shape index (κ2) is 8.75. The van der Waals surface area contributed by atoms with Gasteiger partial charge < -0.3 is 20.1 Å². The number of nitrogens with one attached hydrogen (secondary N) is 2. The number of fused-ring (bicyclic) bond motifs is 1. The number of ether oxygens (including phenoxy) is 2. The molecule has 0 radical (unpaired) electrons. The Morgan fingerprint density at radius 3 is 2.83 bits per heavy atom. The number of aryl methyl sites for hydroxylation is 1. The summed E-state index contributed by atoms with van der Waals surface area (Å²) in [7, 11) is 3.27. The number of nitrogens with zero attached hydrogens (tertiary/aromatic N) is 2. The monoisotopic (exact) mass is 408 g/mol. The van der Waals surface area contributed by atoms with E-state index in [0.29, 0.717) is 11.9 Å². The molecule has 2 N–H and O–H groups in total. The molecule has 1 aliphatic heterocycles. The first-order chi connectivity index (χ1) is 14.6. The molecular formula is C23H28N4O3. The van der Waals surface area contributed by atoms with E-state index in [0.717, 1.165) is 59.8 Å². The van der Waals surface area contributed by atoms with E-state index in [9.17, 15) is 4.79 Å². The number of benzene rings is 2. The van der Waals surface area contributed by atoms with Crippen molar-refractivity contribution in [3.63, 3.8) is 0 Å². The minimum atomic E-state index is -0.0471. The summed E-state index contributed by atoms with van der Waals surface area (Å²) in [4.78, 5) is 13.4. The first-order valence-electron chi connectivity index (χ1n) is 10.3. The van der Waals surface area contributed by atoms with E-state index in [4.69, 9.17) is 9.47 Å². The molecule has 1 saturated heterocycles. The summed E-state index contributed by atoms with van der Waals surface area (Å²) in [6.45, 7) is 4.26. The molecule has 158 valence electrons. The van der Waals surface area contributed by atoms with Crippen LogP contribution < -0.4 is 25.7 Å². The molecule has 0 bridgehead atoms. The fraction of sp³-hybridized carbons (Fsp3) is 0.391. The Kier molecular flexibility index (Phi) is 5.90. The molecule has 1 unspecified atom stereocenters. The zero-order valence-electron chi connectivity index (χ0n) is 17.7. The van der Waals surface area contributed by atoms with Crippen LogP contribution in [0, 0.1) is 6.92 Å². The Hall–Kier alpha value is -3.06. The highest BCUT2D eigenvalue weighted by atomic mass is 16.5. The van der Waals surface area contributed by atoms with Crippen molar-refractivity contribution in [1.82, 2.24) is 15.1 Å². The SMILES string of the molecule is COc1ccc(CNc2cccc3c(C)nn(C4CCCNC4)c(=O)c23)c(OC)c1. The second-order valence-electron chi connectivity index (χ2n) is 7.59. The second-order valence-corrected chi connectivity index (χ2v) is 7.59. The number of methoxy groups -OCH3 is 2. The maximum Gasteiger partial charge on any atom is 0.277 e. The van der Waals surface area contributed by atoms with Gasteiger partial charge in [0.05, 0.1) is 31.3 Å². The van der Waals surface area contributed by atoms with E-state index in [1.165, 1.54) is 0 Å². The third-order valence-electron chi connectivity index (χ3n) is 5.71. The lowest BCUT2D eigenvalue weighted by molar-refractivity contribution is 0.335. The Morgan fingerprint density at radius 2 is 2.10 bits per heavy atom. The lowest BCUT2D eigenvalue weighted by Gasteiger charge is -2.24. The van der Waals surface area contributed by atoms with Gasteiger partial charge in [0.15, 0.2) is 0 Å². The Morgan fingerprint density at radius 1 is 1.23 bits per heavy atom. The van der Waals surface area contributed by atoms with Crippen molar-refractivity contribution in [2.75, 3.05) is 32.6 Å². The Balaban J connectivity index is 1.71. The zero-order valence-corrected chi connectivity index (χ0v) is 17.7. The van der Waals surface area contributed by atoms with Crippen LogP contribution in [-0.2, 0) is 6.54 Å². The molecule has 7 heteroatoms. The van der Waals surface area contributed by atoms with E-state index in [1.54, 1.807) is 18.9 Å². The molecule has 1 aromatic heterocycles. The molecule has 1 atom stereocenters. The van der Waals surface area contributed by atoms with E-state index >= 15 is 0 Å². The predicted molar refractivity (Wildman–Crippen MR) is 119 cm³/mol. The summed E-state index contributed by atoms with van der Waals surface area (Å²) in [6.07, 6.45) is 2.01. The van der Waals surface area contributed by atoms with Crippen LogP contribution in [0.2, 0.25) is 0 Å². The molecule has 4 rings (SSSR count). The normalized spacial score (nSPS) is 16.4. The van der Waals surface area contributed by atoms with Gasteiger partial charge in [0.1, 0.15) is 11.5 Å². The standard InChI is InChI=1S/C23H28N4O3/c1-15-19-7-4-8-20(25-13-16-9-10-18(29-2)12-21(16)30-3)22(19)23(28)27(26-15)17-6-5-11-24-14-17/h4,7-10,12,17,24-25H,5-6,11,13-14H2,1-3H3. The van der Waals surface area contributed by atoms with Crippen LogP contribution in [0.3, 0.4) is 0 Å². The van der Waals surface area contributed by atoms with Gasteiger partial charge in [-0.1, -0.05) is 12.1 Å². The van der Waals surface area contributed by atoms with Crippen LogP contribution in [0.25, 0.3) is 10.8 Å². The van der Waals surface area contributed by atoms with Crippen LogP contribution in [0.4, 0.5) is 5.69 Å². The van der Waals surface area contributed by atoms with E-state index < -0.39 is 0 Å². The fourth-order valence-electron chi connectivity index (χ4n) is 4.08. The number of anilines is 1. The summed E-state index contributed by atoms with van der Waals surface area (Å²) in [5.74, 6) is 1.48. The third-order valence-corrected chi connectivity index (χ3v) is 5.71. The summed E-state index contributed by atoms with van der Waals surface area (Å²) < 4.78 is 12.4. The van der Waals surface area contributed by atoms with Crippen LogP contribution in [-0.4, -0.2) is 37.1 Å². The van der Waals surface area contributed by atoms with Crippen molar-refractivity contribution in [2.45, 2.75) is 32.4 Å². The van der Waals surface area contributed by atoms with Gasteiger partial charge in [-0.2, -0.15) is 5.10 Å². The van der Waals surface area contributed by atoms with Crippen LogP contribution in [0.15, 0.2) is 41.2 Å². The molecule has 0 spiro atoms. The number of hydrogen-bond acceptors (Lipinski definition) is 6. The Labute approximate surface area is 176 Å². The molecule has 2 aromatic carbocycles. The summed E-state index contributed by atoms with van der Waals surface area (Å²) in [5, 5.41) is 13.0. The lowest BCUT2D eigenvalue weighted by atomic mass is 10.1. The molecule has 0 saturated carbocycles. The van der Waals surface area contributed by atoms with Crippen molar-refractivity contribution < 1.29 is 9.47 Å². The third kappa shape index (κ3) is 3.85. The van der Waals surface area contributed by atoms with Crippen molar-refractivity contribution in [3.05, 3.63) is 58.0 Å². The number of piperidine rings is 1. The number of aromatic nitrogens is 2. The van der Waals surface area contributed by atoms with Gasteiger partial charge >= 0.3 is 0 Å². The molecule has 2 heterocycles. The average molecular weight is 409 g/mol. The van der Waals surface area contributed by atoms with E-state index in [1.807, 2.05) is 43.3 Å². The summed E-state index contributed by atoms with van der Waals surface area (Å²) >= 11 is 0. The van der Waals surface area contributed by atoms with Gasteiger partial charge in [-0.05, 0) is 44.5 Å². The zero-order chi connectivity index (χ0) is 21.1. The van der Waals surface area contributed by atoms with Crippen LogP contribution >= 0.6 is 0 Å². The maximum atomic E-state index is 13.4. The van der Waals surface area contributed by atoms with E-state index in [2.05, 4.69) is 15.7 Å². The highest BCUT2D eigenvalue weighted by Crippen LogP contribution is 2.28. The topological polar surface area (TPSA) is 77.4 Å². The highest BCUT2D eigenvalue weighted by molar-refractivity contribution is 5.94. The van der Waals surface area contributed by atoms with Crippen molar-refractivity contribution in [1.29, 1.82) is 0 Å². The van der Waals surface area contributed by atoms with Gasteiger partial charge in [0.25, 0.3) is 5.56 Å². The molecule has 3 aromatic rings. The smallest absolute Gasteiger partial charge is 0.277 e. The fourth-order valence-corrected chi connectivity index (χ4v) is 4.08. The molecule has 30 heavy (non-hydrogen) atoms. The molecule has 0 amide bonds. The van der Waals surface area contributed by atoms with Crippen molar-refractivity contribution in [3.8, 4) is 11.5 Å². The minimum Gasteiger partial charge on any atom is -0.497 e. The molecule has 1 fully saturated rings. The minimum absolute atomic E-state index is 0.0471. The van der Waals surface area contributed by atoms with Gasteiger partial charge in [0.2, 0.25) is 0 Å². The predicted octanol–water partition coefficient (Wildman–Crippen LogP) is 3.26. The first kappa shape index (κ1) is 20.2. The largest absolute Gasteiger partial charge is 0.497 e. The Bertz CT molecular complexity index is 1100. The van der Waals surface area contributed by atoms with Crippen molar-refractivity contribution in [2.24, 2.45) is 0 Å². The quantitative estimate of drug-likeness (QED) is 0.652. The lowest BCUT2D eigenvalue weighted by Crippen LogP contribution is -2.38. The van der Waals surface area contributed by atoms with Gasteiger partial charge in [-0.15, -0.1) is 0 Å². The highest BCUT2D eigenvalue weighted by Gasteiger charge is 2.20. The van der Waals surface area contributed by atoms with Crippen LogP contribution in [0.5, 0.6) is 11.5 Å². The summed E-state index contributed by atoms with van der Waals surface area (Å²) in [6, 6.07) is 11.7. The molecule has 7 nitrogen and oxygen atoms in total. The first-order valence-corrected chi connectivity index (χ1v) is 10.3. The van der Waals surface area contributed by atoms with Gasteiger partial charge in [-0.25, -0.2) is 4.68 Å². The number of hydrogen-bond donors (Lipinski definition) is 2. The van der Waals surface area contributed by atoms with Gasteiger partial charge in [-0.3, -0.25) is 4.79 Å². The van der Waals surface area contributed by atoms with Crippen molar-refractivity contribution >= 4 is 16.5 Å². The summed E-state index contributed by atoms with van der Waals surface area (Å²) in [5.41, 5.74) is 2.60. The van der Waals surface area contributed by atoms with Gasteiger partial charge in [0, 0.05) is 35.8 Å². The van der Waals surface area contributed by atoms with E-state index in [-0.39, 0.29) is 11.6 Å². The average Bonchev–Trinajstić information content (AvgIpc) is 2.80. The molecule has 0 aliphatic carbocycles. The molecular weight excluding hydrogens is 380 g/mol. The number of rotatable bonds is 6. The maximum absolute atomic E-state index is 13.4.